The van der Waals surface area contributed by atoms with Gasteiger partial charge in [-0.25, -0.2) is 0 Å². The Labute approximate surface area is 106 Å². The number of benzene rings is 1. The number of nitrogens with zero attached hydrogens (tertiary/aromatic N) is 2. The van der Waals surface area contributed by atoms with Crippen LogP contribution in [0.4, 0.5) is 0 Å². The zero-order valence-corrected chi connectivity index (χ0v) is 10.5. The molecular formula is C13H16N4O. The van der Waals surface area contributed by atoms with E-state index >= 15 is 0 Å². The number of aromatic nitrogens is 2. The normalized spacial score (nSPS) is 10.3. The minimum absolute atomic E-state index is 0.00772. The summed E-state index contributed by atoms with van der Waals surface area (Å²) in [5.41, 5.74) is 8.13. The molecule has 0 aliphatic heterocycles. The van der Waals surface area contributed by atoms with E-state index in [4.69, 9.17) is 15.9 Å². The van der Waals surface area contributed by atoms with Crippen LogP contribution in [-0.4, -0.2) is 22.7 Å². The smallest absolute Gasteiger partial charge is 0.130 e. The Morgan fingerprint density at radius 2 is 2.22 bits per heavy atom. The number of amidine groups is 1. The van der Waals surface area contributed by atoms with E-state index in [2.05, 4.69) is 5.10 Å². The molecule has 3 N–H and O–H groups in total. The van der Waals surface area contributed by atoms with Gasteiger partial charge in [0.1, 0.15) is 11.6 Å². The Kier molecular flexibility index (Phi) is 3.32. The first-order valence-corrected chi connectivity index (χ1v) is 5.61. The standard InChI is InChI=1S/C13H16N4O/c1-9-5-6-17(16-9)8-10-3-4-11(13(14)15)12(7-10)18-2/h3-7H,8H2,1-2H3,(H3,14,15). The summed E-state index contributed by atoms with van der Waals surface area (Å²) in [5.74, 6) is 0.622. The van der Waals surface area contributed by atoms with Crippen molar-refractivity contribution in [3.05, 3.63) is 47.3 Å². The minimum atomic E-state index is 0.00772. The summed E-state index contributed by atoms with van der Waals surface area (Å²) >= 11 is 0. The first kappa shape index (κ1) is 12.2. The monoisotopic (exact) mass is 244 g/mol. The van der Waals surface area contributed by atoms with E-state index in [-0.39, 0.29) is 5.84 Å². The lowest BCUT2D eigenvalue weighted by atomic mass is 10.1. The molecule has 0 fully saturated rings. The van der Waals surface area contributed by atoms with E-state index in [0.29, 0.717) is 17.9 Å². The van der Waals surface area contributed by atoms with Crippen LogP contribution in [0.15, 0.2) is 30.5 Å². The van der Waals surface area contributed by atoms with Crippen LogP contribution in [0, 0.1) is 12.3 Å². The van der Waals surface area contributed by atoms with Crippen molar-refractivity contribution in [2.24, 2.45) is 5.73 Å². The molecule has 0 spiro atoms. The Hall–Kier alpha value is -2.30. The van der Waals surface area contributed by atoms with Crippen molar-refractivity contribution in [3.63, 3.8) is 0 Å². The molecule has 2 rings (SSSR count). The second kappa shape index (κ2) is 4.91. The number of nitrogen functional groups attached to an aromatic ring is 1. The van der Waals surface area contributed by atoms with Crippen LogP contribution in [-0.2, 0) is 6.54 Å². The van der Waals surface area contributed by atoms with Gasteiger partial charge in [0.2, 0.25) is 0 Å². The number of nitrogens with two attached hydrogens (primary N) is 1. The highest BCUT2D eigenvalue weighted by Gasteiger charge is 2.07. The van der Waals surface area contributed by atoms with Crippen LogP contribution in [0.1, 0.15) is 16.8 Å². The topological polar surface area (TPSA) is 76.9 Å². The van der Waals surface area contributed by atoms with Gasteiger partial charge in [0.15, 0.2) is 0 Å². The van der Waals surface area contributed by atoms with Crippen LogP contribution < -0.4 is 10.5 Å². The molecule has 5 nitrogen and oxygen atoms in total. The highest BCUT2D eigenvalue weighted by Crippen LogP contribution is 2.20. The van der Waals surface area contributed by atoms with E-state index in [1.54, 1.807) is 13.2 Å². The second-order valence-electron chi connectivity index (χ2n) is 4.10. The fourth-order valence-electron chi connectivity index (χ4n) is 1.79. The molecule has 18 heavy (non-hydrogen) atoms. The van der Waals surface area contributed by atoms with Crippen molar-refractivity contribution in [1.82, 2.24) is 9.78 Å². The Balaban J connectivity index is 2.27. The molecule has 0 saturated carbocycles. The van der Waals surface area contributed by atoms with Gasteiger partial charge in [0.05, 0.1) is 24.9 Å². The molecule has 0 amide bonds. The highest BCUT2D eigenvalue weighted by molar-refractivity contribution is 5.97. The van der Waals surface area contributed by atoms with Crippen LogP contribution in [0.25, 0.3) is 0 Å². The molecular weight excluding hydrogens is 228 g/mol. The van der Waals surface area contributed by atoms with E-state index in [1.165, 1.54) is 0 Å². The molecule has 1 aromatic carbocycles. The molecule has 5 heteroatoms. The number of hydrogen-bond acceptors (Lipinski definition) is 3. The molecule has 2 aromatic rings. The quantitative estimate of drug-likeness (QED) is 0.632. The molecule has 0 aliphatic rings. The largest absolute Gasteiger partial charge is 0.496 e. The summed E-state index contributed by atoms with van der Waals surface area (Å²) in [4.78, 5) is 0. The van der Waals surface area contributed by atoms with Crippen LogP contribution >= 0.6 is 0 Å². The van der Waals surface area contributed by atoms with Crippen LogP contribution in [0.3, 0.4) is 0 Å². The maximum absolute atomic E-state index is 7.45. The Bertz CT molecular complexity index is 574. The second-order valence-corrected chi connectivity index (χ2v) is 4.10. The predicted octanol–water partition coefficient (Wildman–Crippen LogP) is 1.53. The average molecular weight is 244 g/mol. The third kappa shape index (κ3) is 2.51. The lowest BCUT2D eigenvalue weighted by molar-refractivity contribution is 0.413. The molecule has 0 saturated heterocycles. The Morgan fingerprint density at radius 1 is 1.44 bits per heavy atom. The molecule has 0 unspecified atom stereocenters. The summed E-state index contributed by atoms with van der Waals surface area (Å²) in [6, 6.07) is 7.57. The van der Waals surface area contributed by atoms with E-state index in [1.807, 2.05) is 36.0 Å². The summed E-state index contributed by atoms with van der Waals surface area (Å²) in [5, 5.41) is 11.8. The lowest BCUT2D eigenvalue weighted by Crippen LogP contribution is -2.13. The summed E-state index contributed by atoms with van der Waals surface area (Å²) in [6.45, 7) is 2.62. The summed E-state index contributed by atoms with van der Waals surface area (Å²) in [7, 11) is 1.57. The zero-order valence-electron chi connectivity index (χ0n) is 10.5. The maximum atomic E-state index is 7.45. The highest BCUT2D eigenvalue weighted by atomic mass is 16.5. The van der Waals surface area contributed by atoms with Gasteiger partial charge in [-0.3, -0.25) is 10.1 Å². The summed E-state index contributed by atoms with van der Waals surface area (Å²) in [6.07, 6.45) is 1.93. The number of hydrogen-bond donors (Lipinski definition) is 2. The third-order valence-electron chi connectivity index (χ3n) is 2.67. The SMILES string of the molecule is COc1cc(Cn2ccc(C)n2)ccc1C(=N)N. The van der Waals surface area contributed by atoms with Gasteiger partial charge >= 0.3 is 0 Å². The van der Waals surface area contributed by atoms with Crippen LogP contribution in [0.2, 0.25) is 0 Å². The molecule has 1 aromatic heterocycles. The fraction of sp³-hybridized carbons (Fsp3) is 0.231. The number of aryl methyl sites for hydroxylation is 1. The first-order valence-electron chi connectivity index (χ1n) is 5.61. The zero-order chi connectivity index (χ0) is 13.1. The number of rotatable bonds is 4. The van der Waals surface area contributed by atoms with Crippen molar-refractivity contribution < 1.29 is 4.74 Å². The van der Waals surface area contributed by atoms with Crippen molar-refractivity contribution in [3.8, 4) is 5.75 Å². The number of nitrogens with one attached hydrogen (secondary N) is 1. The van der Waals surface area contributed by atoms with Gasteiger partial charge in [-0.1, -0.05) is 6.07 Å². The predicted molar refractivity (Wildman–Crippen MR) is 70.1 cm³/mol. The lowest BCUT2D eigenvalue weighted by Gasteiger charge is -2.09. The molecule has 1 heterocycles. The van der Waals surface area contributed by atoms with Gasteiger partial charge in [0.25, 0.3) is 0 Å². The number of ether oxygens (including phenoxy) is 1. The summed E-state index contributed by atoms with van der Waals surface area (Å²) < 4.78 is 7.10. The molecule has 0 radical (unpaired) electrons. The first-order chi connectivity index (χ1) is 8.60. The van der Waals surface area contributed by atoms with Gasteiger partial charge < -0.3 is 10.5 Å². The van der Waals surface area contributed by atoms with E-state index in [0.717, 1.165) is 11.3 Å². The Morgan fingerprint density at radius 3 is 2.78 bits per heavy atom. The van der Waals surface area contributed by atoms with Crippen molar-refractivity contribution in [2.45, 2.75) is 13.5 Å². The third-order valence-corrected chi connectivity index (χ3v) is 2.67. The van der Waals surface area contributed by atoms with Gasteiger partial charge in [0, 0.05) is 6.20 Å². The molecule has 0 atom stereocenters. The minimum Gasteiger partial charge on any atom is -0.496 e. The van der Waals surface area contributed by atoms with Crippen molar-refractivity contribution in [1.29, 1.82) is 5.41 Å². The van der Waals surface area contributed by atoms with E-state index < -0.39 is 0 Å². The molecule has 0 bridgehead atoms. The molecule has 0 aliphatic carbocycles. The van der Waals surface area contributed by atoms with Gasteiger partial charge in [-0.2, -0.15) is 5.10 Å². The maximum Gasteiger partial charge on any atom is 0.130 e. The van der Waals surface area contributed by atoms with Crippen molar-refractivity contribution >= 4 is 5.84 Å². The van der Waals surface area contributed by atoms with Gasteiger partial charge in [-0.15, -0.1) is 0 Å². The average Bonchev–Trinajstić information content (AvgIpc) is 2.74. The van der Waals surface area contributed by atoms with Gasteiger partial charge in [-0.05, 0) is 30.7 Å². The van der Waals surface area contributed by atoms with Crippen molar-refractivity contribution in [2.75, 3.05) is 7.11 Å². The molecule has 94 valence electrons. The number of methoxy groups -OCH3 is 1. The van der Waals surface area contributed by atoms with Crippen LogP contribution in [0.5, 0.6) is 5.75 Å². The van der Waals surface area contributed by atoms with E-state index in [9.17, 15) is 0 Å². The fourth-order valence-corrected chi connectivity index (χ4v) is 1.79.